The van der Waals surface area contributed by atoms with E-state index in [0.717, 1.165) is 0 Å². The van der Waals surface area contributed by atoms with E-state index in [2.05, 4.69) is 0 Å². The first kappa shape index (κ1) is 10.4. The average Bonchev–Trinajstić information content (AvgIpc) is 2.18. The van der Waals surface area contributed by atoms with E-state index in [1.165, 1.54) is 24.3 Å². The van der Waals surface area contributed by atoms with Crippen LogP contribution in [0.2, 0.25) is 0 Å². The lowest BCUT2D eigenvalue weighted by molar-refractivity contribution is -0.384. The molecule has 0 aliphatic rings. The molecule has 6 heteroatoms. The first-order valence-electron chi connectivity index (χ1n) is 3.91. The van der Waals surface area contributed by atoms with Crippen molar-refractivity contribution in [1.29, 1.82) is 0 Å². The smallest absolute Gasteiger partial charge is 0.273 e. The summed E-state index contributed by atoms with van der Waals surface area (Å²) in [5, 5.41) is 19.0. The van der Waals surface area contributed by atoms with Crippen molar-refractivity contribution in [2.45, 2.75) is 6.23 Å². The van der Waals surface area contributed by atoms with Crippen LogP contribution in [-0.4, -0.2) is 22.9 Å². The molecule has 1 unspecified atom stereocenters. The summed E-state index contributed by atoms with van der Waals surface area (Å²) in [6, 6.07) is 5.60. The van der Waals surface area contributed by atoms with Gasteiger partial charge in [0.2, 0.25) is 0 Å². The van der Waals surface area contributed by atoms with Gasteiger partial charge in [0.05, 0.1) is 17.6 Å². The van der Waals surface area contributed by atoms with E-state index >= 15 is 0 Å². The Labute approximate surface area is 80.1 Å². The third-order valence-corrected chi connectivity index (χ3v) is 1.50. The van der Waals surface area contributed by atoms with Crippen molar-refractivity contribution in [2.24, 2.45) is 5.73 Å². The van der Waals surface area contributed by atoms with Gasteiger partial charge in [-0.25, -0.2) is 0 Å². The first-order valence-corrected chi connectivity index (χ1v) is 3.91. The Hall–Kier alpha value is -1.66. The summed E-state index contributed by atoms with van der Waals surface area (Å²) in [5.41, 5.74) is 5.21. The van der Waals surface area contributed by atoms with Gasteiger partial charge in [-0.15, -0.1) is 0 Å². The molecule has 0 aliphatic heterocycles. The fourth-order valence-electron chi connectivity index (χ4n) is 0.882. The predicted molar refractivity (Wildman–Crippen MR) is 48.8 cm³/mol. The van der Waals surface area contributed by atoms with E-state index in [1.54, 1.807) is 0 Å². The standard InChI is InChI=1S/C8H10N2O4/c9-8(5-11)14-7-3-1-2-6(4-7)10(12)13/h1-4,8,11H,5,9H2. The zero-order valence-electron chi connectivity index (χ0n) is 7.29. The lowest BCUT2D eigenvalue weighted by atomic mass is 10.3. The highest BCUT2D eigenvalue weighted by Crippen LogP contribution is 2.19. The molecule has 1 aromatic carbocycles. The fraction of sp³-hybridized carbons (Fsp3) is 0.250. The Kier molecular flexibility index (Phi) is 3.38. The minimum atomic E-state index is -0.864. The van der Waals surface area contributed by atoms with Gasteiger partial charge in [0.25, 0.3) is 5.69 Å². The molecule has 1 rings (SSSR count). The van der Waals surface area contributed by atoms with Crippen molar-refractivity contribution in [3.8, 4) is 5.75 Å². The van der Waals surface area contributed by atoms with Crippen molar-refractivity contribution >= 4 is 5.69 Å². The number of ether oxygens (including phenoxy) is 1. The Morgan fingerprint density at radius 1 is 1.64 bits per heavy atom. The molecule has 0 amide bonds. The molecule has 14 heavy (non-hydrogen) atoms. The van der Waals surface area contributed by atoms with E-state index in [9.17, 15) is 10.1 Å². The summed E-state index contributed by atoms with van der Waals surface area (Å²) in [7, 11) is 0. The maximum Gasteiger partial charge on any atom is 0.273 e. The quantitative estimate of drug-likeness (QED) is 0.410. The molecule has 76 valence electrons. The topological polar surface area (TPSA) is 98.6 Å². The van der Waals surface area contributed by atoms with Crippen molar-refractivity contribution in [3.05, 3.63) is 34.4 Å². The number of hydrogen-bond acceptors (Lipinski definition) is 5. The third kappa shape index (κ3) is 2.68. The van der Waals surface area contributed by atoms with Gasteiger partial charge in [-0.05, 0) is 6.07 Å². The molecule has 1 aromatic rings. The van der Waals surface area contributed by atoms with Crippen LogP contribution < -0.4 is 10.5 Å². The number of non-ortho nitro benzene ring substituents is 1. The highest BCUT2D eigenvalue weighted by atomic mass is 16.6. The molecule has 0 heterocycles. The third-order valence-electron chi connectivity index (χ3n) is 1.50. The van der Waals surface area contributed by atoms with Gasteiger partial charge in [-0.3, -0.25) is 15.8 Å². The second-order valence-corrected chi connectivity index (χ2v) is 2.59. The fourth-order valence-corrected chi connectivity index (χ4v) is 0.882. The molecule has 6 nitrogen and oxygen atoms in total. The lowest BCUT2D eigenvalue weighted by Gasteiger charge is -2.10. The van der Waals surface area contributed by atoms with Gasteiger partial charge in [-0.2, -0.15) is 0 Å². The number of nitrogens with two attached hydrogens (primary N) is 1. The number of aliphatic hydroxyl groups is 1. The molecule has 0 fully saturated rings. The normalized spacial score (nSPS) is 12.1. The van der Waals surface area contributed by atoms with E-state index < -0.39 is 11.2 Å². The first-order chi connectivity index (χ1) is 6.63. The molecule has 0 radical (unpaired) electrons. The molecule has 0 bridgehead atoms. The van der Waals surface area contributed by atoms with Crippen LogP contribution in [0.15, 0.2) is 24.3 Å². The van der Waals surface area contributed by atoms with Crippen LogP contribution in [0.25, 0.3) is 0 Å². The minimum absolute atomic E-state index is 0.0763. The Morgan fingerprint density at radius 2 is 2.36 bits per heavy atom. The summed E-state index contributed by atoms with van der Waals surface area (Å²) in [6.07, 6.45) is -0.864. The van der Waals surface area contributed by atoms with Crippen molar-refractivity contribution in [3.63, 3.8) is 0 Å². The largest absolute Gasteiger partial charge is 0.473 e. The van der Waals surface area contributed by atoms with Crippen molar-refractivity contribution in [2.75, 3.05) is 6.61 Å². The summed E-state index contributed by atoms with van der Waals surface area (Å²) in [4.78, 5) is 9.85. The predicted octanol–water partition coefficient (Wildman–Crippen LogP) is 0.251. The summed E-state index contributed by atoms with van der Waals surface area (Å²) >= 11 is 0. The van der Waals surface area contributed by atoms with Crippen LogP contribution in [-0.2, 0) is 0 Å². The zero-order valence-corrected chi connectivity index (χ0v) is 7.29. The van der Waals surface area contributed by atoms with Gasteiger partial charge in [0.1, 0.15) is 5.75 Å². The molecule has 0 saturated heterocycles. The molecule has 1 atom stereocenters. The SMILES string of the molecule is NC(CO)Oc1cccc([N+](=O)[O-])c1. The maximum absolute atomic E-state index is 10.4. The van der Waals surface area contributed by atoms with Crippen LogP contribution in [0.4, 0.5) is 5.69 Å². The van der Waals surface area contributed by atoms with E-state index in [-0.39, 0.29) is 18.0 Å². The molecular weight excluding hydrogens is 188 g/mol. The van der Waals surface area contributed by atoms with Crippen LogP contribution in [0.3, 0.4) is 0 Å². The summed E-state index contributed by atoms with van der Waals surface area (Å²) in [6.45, 7) is -0.345. The van der Waals surface area contributed by atoms with Crippen LogP contribution in [0, 0.1) is 10.1 Å². The Bertz CT molecular complexity index is 329. The highest BCUT2D eigenvalue weighted by molar-refractivity contribution is 5.37. The van der Waals surface area contributed by atoms with E-state index in [1.807, 2.05) is 0 Å². The second-order valence-electron chi connectivity index (χ2n) is 2.59. The Balaban J connectivity index is 2.78. The number of nitro groups is 1. The van der Waals surface area contributed by atoms with Crippen LogP contribution >= 0.6 is 0 Å². The number of nitrogens with zero attached hydrogens (tertiary/aromatic N) is 1. The van der Waals surface area contributed by atoms with Crippen LogP contribution in [0.5, 0.6) is 5.75 Å². The molecule has 3 N–H and O–H groups in total. The second kappa shape index (κ2) is 4.54. The number of nitro benzene ring substituents is 1. The number of hydrogen-bond donors (Lipinski definition) is 2. The van der Waals surface area contributed by atoms with E-state index in [4.69, 9.17) is 15.6 Å². The number of aliphatic hydroxyl groups excluding tert-OH is 1. The van der Waals surface area contributed by atoms with Crippen molar-refractivity contribution in [1.82, 2.24) is 0 Å². The number of benzene rings is 1. The molecule has 0 spiro atoms. The minimum Gasteiger partial charge on any atom is -0.473 e. The van der Waals surface area contributed by atoms with E-state index in [0.29, 0.717) is 0 Å². The molecular formula is C8H10N2O4. The molecule has 0 aromatic heterocycles. The lowest BCUT2D eigenvalue weighted by Crippen LogP contribution is -2.30. The van der Waals surface area contributed by atoms with Gasteiger partial charge < -0.3 is 9.84 Å². The number of rotatable bonds is 4. The Morgan fingerprint density at radius 3 is 2.93 bits per heavy atom. The van der Waals surface area contributed by atoms with Gasteiger partial charge in [-0.1, -0.05) is 6.07 Å². The summed E-state index contributed by atoms with van der Waals surface area (Å²) < 4.78 is 4.98. The zero-order chi connectivity index (χ0) is 10.6. The van der Waals surface area contributed by atoms with Crippen molar-refractivity contribution < 1.29 is 14.8 Å². The monoisotopic (exact) mass is 198 g/mol. The molecule has 0 aliphatic carbocycles. The molecule has 0 saturated carbocycles. The highest BCUT2D eigenvalue weighted by Gasteiger charge is 2.08. The van der Waals surface area contributed by atoms with Crippen LogP contribution in [0.1, 0.15) is 0 Å². The van der Waals surface area contributed by atoms with Gasteiger partial charge in [0, 0.05) is 6.07 Å². The van der Waals surface area contributed by atoms with Gasteiger partial charge >= 0.3 is 0 Å². The summed E-state index contributed by atoms with van der Waals surface area (Å²) in [5.74, 6) is 0.265. The average molecular weight is 198 g/mol. The van der Waals surface area contributed by atoms with Gasteiger partial charge in [0.15, 0.2) is 6.23 Å². The maximum atomic E-state index is 10.4.